The smallest absolute Gasteiger partial charge is 0.261 e. The van der Waals surface area contributed by atoms with Gasteiger partial charge in [-0.25, -0.2) is 0 Å². The van der Waals surface area contributed by atoms with E-state index in [0.717, 1.165) is 16.7 Å². The molecule has 1 atom stereocenters. The maximum Gasteiger partial charge on any atom is 0.261 e. The predicted molar refractivity (Wildman–Crippen MR) is 121 cm³/mol. The van der Waals surface area contributed by atoms with Crippen molar-refractivity contribution in [3.8, 4) is 5.75 Å². The van der Waals surface area contributed by atoms with Crippen molar-refractivity contribution < 1.29 is 14.3 Å². The van der Waals surface area contributed by atoms with Crippen LogP contribution in [0.4, 0.5) is 0 Å². The van der Waals surface area contributed by atoms with Crippen LogP contribution in [0, 0.1) is 13.8 Å². The number of amides is 2. The molecule has 2 rings (SSSR count). The number of halogens is 1. The van der Waals surface area contributed by atoms with Gasteiger partial charge in [0.15, 0.2) is 6.61 Å². The first-order valence-corrected chi connectivity index (χ1v) is 10.4. The Bertz CT molecular complexity index is 906. The normalized spacial score (nSPS) is 12.2. The van der Waals surface area contributed by atoms with Crippen molar-refractivity contribution >= 4 is 23.4 Å². The van der Waals surface area contributed by atoms with Crippen LogP contribution >= 0.6 is 11.6 Å². The first-order chi connectivity index (χ1) is 14.0. The monoisotopic (exact) mass is 430 g/mol. The number of nitrogens with zero attached hydrogens (tertiary/aromatic N) is 1. The fourth-order valence-corrected chi connectivity index (χ4v) is 3.12. The molecular weight excluding hydrogens is 400 g/mol. The molecule has 162 valence electrons. The van der Waals surface area contributed by atoms with Gasteiger partial charge in [-0.3, -0.25) is 9.59 Å². The molecule has 0 aromatic heterocycles. The molecule has 0 radical (unpaired) electrons. The summed E-state index contributed by atoms with van der Waals surface area (Å²) in [6.07, 6.45) is 0. The number of carbonyl (C=O) groups excluding carboxylic acids is 2. The van der Waals surface area contributed by atoms with Gasteiger partial charge in [-0.1, -0.05) is 41.4 Å². The molecule has 0 saturated heterocycles. The van der Waals surface area contributed by atoms with Gasteiger partial charge in [0.25, 0.3) is 5.91 Å². The summed E-state index contributed by atoms with van der Waals surface area (Å²) in [5, 5.41) is 3.59. The van der Waals surface area contributed by atoms with E-state index in [2.05, 4.69) is 5.32 Å². The topological polar surface area (TPSA) is 58.6 Å². The zero-order chi connectivity index (χ0) is 22.5. The minimum atomic E-state index is -0.646. The van der Waals surface area contributed by atoms with Crippen LogP contribution in [0.25, 0.3) is 0 Å². The molecule has 2 aromatic carbocycles. The predicted octanol–water partition coefficient (Wildman–Crippen LogP) is 4.67. The van der Waals surface area contributed by atoms with Crippen molar-refractivity contribution in [3.63, 3.8) is 0 Å². The number of nitrogens with one attached hydrogen (secondary N) is 1. The molecule has 0 spiro atoms. The molecule has 0 bridgehead atoms. The van der Waals surface area contributed by atoms with Gasteiger partial charge in [-0.05, 0) is 70.9 Å². The Balaban J connectivity index is 2.18. The molecule has 0 aliphatic carbocycles. The lowest BCUT2D eigenvalue weighted by atomic mass is 10.1. The van der Waals surface area contributed by atoms with Gasteiger partial charge in [0.05, 0.1) is 0 Å². The first kappa shape index (κ1) is 23.7. The highest BCUT2D eigenvalue weighted by molar-refractivity contribution is 6.31. The van der Waals surface area contributed by atoms with E-state index < -0.39 is 6.04 Å². The Hall–Kier alpha value is -2.53. The van der Waals surface area contributed by atoms with Gasteiger partial charge < -0.3 is 15.0 Å². The highest BCUT2D eigenvalue weighted by Gasteiger charge is 2.28. The summed E-state index contributed by atoms with van der Waals surface area (Å²) in [6, 6.07) is 12.5. The van der Waals surface area contributed by atoms with Crippen molar-refractivity contribution in [1.82, 2.24) is 10.2 Å². The summed E-state index contributed by atoms with van der Waals surface area (Å²) in [6.45, 7) is 11.5. The third-order valence-electron chi connectivity index (χ3n) is 4.59. The second-order valence-corrected chi connectivity index (χ2v) is 9.03. The quantitative estimate of drug-likeness (QED) is 0.694. The fourth-order valence-electron chi connectivity index (χ4n) is 3.00. The van der Waals surface area contributed by atoms with Crippen molar-refractivity contribution in [2.75, 3.05) is 6.61 Å². The largest absolute Gasteiger partial charge is 0.484 e. The maximum atomic E-state index is 13.1. The molecule has 0 aliphatic heterocycles. The SMILES string of the molecule is Cc1cccc(CN(C(=O)COc2ccc(Cl)c(C)c2)[C@H](C)C(=O)NC(C)(C)C)c1. The molecule has 2 aromatic rings. The molecule has 30 heavy (non-hydrogen) atoms. The number of hydrogen-bond donors (Lipinski definition) is 1. The van der Waals surface area contributed by atoms with Crippen molar-refractivity contribution in [1.29, 1.82) is 0 Å². The van der Waals surface area contributed by atoms with Crippen LogP contribution in [-0.2, 0) is 16.1 Å². The van der Waals surface area contributed by atoms with Crippen LogP contribution in [0.2, 0.25) is 5.02 Å². The fraction of sp³-hybridized carbons (Fsp3) is 0.417. The zero-order valence-corrected chi connectivity index (χ0v) is 19.3. The number of hydrogen-bond acceptors (Lipinski definition) is 3. The van der Waals surface area contributed by atoms with E-state index in [0.29, 0.717) is 17.3 Å². The molecule has 0 saturated carbocycles. The summed E-state index contributed by atoms with van der Waals surface area (Å²) >= 11 is 6.05. The second-order valence-electron chi connectivity index (χ2n) is 8.63. The number of aryl methyl sites for hydroxylation is 2. The van der Waals surface area contributed by atoms with E-state index in [9.17, 15) is 9.59 Å². The first-order valence-electron chi connectivity index (χ1n) is 10.0. The van der Waals surface area contributed by atoms with E-state index in [1.54, 1.807) is 30.0 Å². The number of rotatable bonds is 7. The third kappa shape index (κ3) is 7.06. The average molecular weight is 431 g/mol. The van der Waals surface area contributed by atoms with Crippen molar-refractivity contribution in [3.05, 3.63) is 64.2 Å². The zero-order valence-electron chi connectivity index (χ0n) is 18.6. The maximum absolute atomic E-state index is 13.1. The minimum absolute atomic E-state index is 0.167. The van der Waals surface area contributed by atoms with E-state index in [-0.39, 0.29) is 24.0 Å². The molecule has 0 unspecified atom stereocenters. The molecule has 0 aliphatic rings. The lowest BCUT2D eigenvalue weighted by Crippen LogP contribution is -2.53. The van der Waals surface area contributed by atoms with Gasteiger partial charge >= 0.3 is 0 Å². The summed E-state index contributed by atoms with van der Waals surface area (Å²) in [5.41, 5.74) is 2.54. The second kappa shape index (κ2) is 9.98. The van der Waals surface area contributed by atoms with Crippen LogP contribution in [0.3, 0.4) is 0 Å². The van der Waals surface area contributed by atoms with Gasteiger partial charge in [-0.15, -0.1) is 0 Å². The number of ether oxygens (including phenoxy) is 1. The van der Waals surface area contributed by atoms with E-state index in [1.807, 2.05) is 58.9 Å². The Morgan fingerprint density at radius 3 is 2.43 bits per heavy atom. The molecular formula is C24H31ClN2O3. The summed E-state index contributed by atoms with van der Waals surface area (Å²) in [7, 11) is 0. The van der Waals surface area contributed by atoms with Gasteiger partial charge in [-0.2, -0.15) is 0 Å². The van der Waals surface area contributed by atoms with Crippen LogP contribution in [-0.4, -0.2) is 34.9 Å². The van der Waals surface area contributed by atoms with E-state index >= 15 is 0 Å². The van der Waals surface area contributed by atoms with Gasteiger partial charge in [0, 0.05) is 17.1 Å². The minimum Gasteiger partial charge on any atom is -0.484 e. The van der Waals surface area contributed by atoms with E-state index in [4.69, 9.17) is 16.3 Å². The lowest BCUT2D eigenvalue weighted by molar-refractivity contribution is -0.142. The highest BCUT2D eigenvalue weighted by Crippen LogP contribution is 2.21. The Labute approximate surface area is 184 Å². The summed E-state index contributed by atoms with van der Waals surface area (Å²) in [5.74, 6) is 0.0964. The molecule has 0 heterocycles. The lowest BCUT2D eigenvalue weighted by Gasteiger charge is -2.31. The molecule has 0 fully saturated rings. The average Bonchev–Trinajstić information content (AvgIpc) is 2.65. The summed E-state index contributed by atoms with van der Waals surface area (Å²) < 4.78 is 5.70. The summed E-state index contributed by atoms with van der Waals surface area (Å²) in [4.78, 5) is 27.4. The standard InChI is InChI=1S/C24H31ClN2O3/c1-16-8-7-9-19(12-16)14-27(18(3)23(29)26-24(4,5)6)22(28)15-30-20-10-11-21(25)17(2)13-20/h7-13,18H,14-15H2,1-6H3,(H,26,29)/t18-/m1/s1. The molecule has 2 amide bonds. The van der Waals surface area contributed by atoms with E-state index in [1.165, 1.54) is 0 Å². The van der Waals surface area contributed by atoms with Crippen LogP contribution in [0.5, 0.6) is 5.75 Å². The molecule has 1 N–H and O–H groups in total. The van der Waals surface area contributed by atoms with Crippen LogP contribution in [0.1, 0.15) is 44.4 Å². The van der Waals surface area contributed by atoms with Gasteiger partial charge in [0.2, 0.25) is 5.91 Å². The Morgan fingerprint density at radius 1 is 1.13 bits per heavy atom. The molecule has 5 nitrogen and oxygen atoms in total. The van der Waals surface area contributed by atoms with Crippen LogP contribution in [0.15, 0.2) is 42.5 Å². The van der Waals surface area contributed by atoms with Crippen LogP contribution < -0.4 is 10.1 Å². The van der Waals surface area contributed by atoms with Crippen molar-refractivity contribution in [2.45, 2.75) is 59.7 Å². The van der Waals surface area contributed by atoms with Crippen molar-refractivity contribution in [2.24, 2.45) is 0 Å². The third-order valence-corrected chi connectivity index (χ3v) is 5.02. The Morgan fingerprint density at radius 2 is 1.83 bits per heavy atom. The Kier molecular flexibility index (Phi) is 7.90. The highest BCUT2D eigenvalue weighted by atomic mass is 35.5. The number of benzene rings is 2. The number of carbonyl (C=O) groups is 2. The molecule has 6 heteroatoms. The van der Waals surface area contributed by atoms with Gasteiger partial charge in [0.1, 0.15) is 11.8 Å².